The Bertz CT molecular complexity index is 760. The van der Waals surface area contributed by atoms with E-state index in [9.17, 15) is 14.4 Å². The van der Waals surface area contributed by atoms with Crippen LogP contribution < -0.4 is 0 Å². The molecule has 1 atom stereocenters. The molecule has 0 saturated heterocycles. The van der Waals surface area contributed by atoms with Gasteiger partial charge in [0.05, 0.1) is 0 Å². The first-order valence-corrected chi connectivity index (χ1v) is 8.17. The van der Waals surface area contributed by atoms with Gasteiger partial charge in [0.1, 0.15) is 5.78 Å². The first-order chi connectivity index (χ1) is 11.0. The number of alkyl halides is 1. The lowest BCUT2D eigenvalue weighted by atomic mass is 9.79. The number of fused-ring (bicyclic) bond motifs is 1. The Labute approximate surface area is 142 Å². The molecule has 0 bridgehead atoms. The Hall–Kier alpha value is -2.07. The molecule has 1 aliphatic rings. The summed E-state index contributed by atoms with van der Waals surface area (Å²) in [6.07, 6.45) is 0.126. The van der Waals surface area contributed by atoms with Gasteiger partial charge in [-0.1, -0.05) is 70.5 Å². The van der Waals surface area contributed by atoms with Crippen LogP contribution in [0.3, 0.4) is 0 Å². The van der Waals surface area contributed by atoms with E-state index in [1.54, 1.807) is 24.3 Å². The summed E-state index contributed by atoms with van der Waals surface area (Å²) in [6.45, 7) is 1.48. The lowest BCUT2D eigenvalue weighted by Crippen LogP contribution is -2.41. The Kier molecular flexibility index (Phi) is 4.02. The number of carbonyl (C=O) groups excluding carboxylic acids is 3. The van der Waals surface area contributed by atoms with Crippen molar-refractivity contribution in [3.63, 3.8) is 0 Å². The van der Waals surface area contributed by atoms with Crippen LogP contribution in [0.4, 0.5) is 0 Å². The topological polar surface area (TPSA) is 51.2 Å². The smallest absolute Gasteiger partial charge is 0.188 e. The molecule has 3 rings (SSSR count). The highest BCUT2D eigenvalue weighted by molar-refractivity contribution is 9.10. The second kappa shape index (κ2) is 5.85. The van der Waals surface area contributed by atoms with Gasteiger partial charge in [0.2, 0.25) is 0 Å². The van der Waals surface area contributed by atoms with E-state index >= 15 is 0 Å². The van der Waals surface area contributed by atoms with Crippen LogP contribution >= 0.6 is 15.9 Å². The second-order valence-electron chi connectivity index (χ2n) is 5.79. The lowest BCUT2D eigenvalue weighted by Gasteiger charge is -2.29. The van der Waals surface area contributed by atoms with Gasteiger partial charge in [0, 0.05) is 23.5 Å². The molecular weight excluding hydrogens is 356 g/mol. The largest absolute Gasteiger partial charge is 0.300 e. The predicted molar refractivity (Wildman–Crippen MR) is 91.2 cm³/mol. The maximum absolute atomic E-state index is 12.9. The number of ketones is 3. The van der Waals surface area contributed by atoms with Gasteiger partial charge in [0.25, 0.3) is 0 Å². The summed E-state index contributed by atoms with van der Waals surface area (Å²) in [7, 11) is 0. The SMILES string of the molecule is CC(=O)C[C@@H](c1ccccc1)C1(Br)C(=O)c2ccccc2C1=O. The monoisotopic (exact) mass is 370 g/mol. The lowest BCUT2D eigenvalue weighted by molar-refractivity contribution is -0.117. The fraction of sp³-hybridized carbons (Fsp3) is 0.211. The first-order valence-electron chi connectivity index (χ1n) is 7.38. The van der Waals surface area contributed by atoms with Crippen LogP contribution in [0.25, 0.3) is 0 Å². The standard InChI is InChI=1S/C19H15BrO3/c1-12(21)11-16(13-7-3-2-4-8-13)19(20)17(22)14-9-5-6-10-15(14)18(19)23/h2-10,16H,11H2,1H3/t16-/m0/s1. The van der Waals surface area contributed by atoms with Crippen molar-refractivity contribution in [3.05, 3.63) is 71.3 Å². The number of Topliss-reactive ketones (excluding diaryl/α,β-unsaturated/α-hetero) is 3. The molecule has 3 nitrogen and oxygen atoms in total. The van der Waals surface area contributed by atoms with E-state index in [2.05, 4.69) is 15.9 Å². The van der Waals surface area contributed by atoms with Crippen LogP contribution in [0.15, 0.2) is 54.6 Å². The summed E-state index contributed by atoms with van der Waals surface area (Å²) in [4.78, 5) is 37.7. The maximum Gasteiger partial charge on any atom is 0.188 e. The third-order valence-electron chi connectivity index (χ3n) is 4.25. The second-order valence-corrected chi connectivity index (χ2v) is 7.04. The Balaban J connectivity index is 2.15. The van der Waals surface area contributed by atoms with Crippen molar-refractivity contribution in [2.45, 2.75) is 23.6 Å². The molecule has 23 heavy (non-hydrogen) atoms. The first kappa shape index (κ1) is 15.8. The van der Waals surface area contributed by atoms with Crippen LogP contribution in [0, 0.1) is 0 Å². The highest BCUT2D eigenvalue weighted by Crippen LogP contribution is 2.47. The zero-order chi connectivity index (χ0) is 16.6. The summed E-state index contributed by atoms with van der Waals surface area (Å²) in [5.41, 5.74) is 1.63. The fourth-order valence-corrected chi connectivity index (χ4v) is 4.01. The van der Waals surface area contributed by atoms with Gasteiger partial charge in [-0.05, 0) is 12.5 Å². The van der Waals surface area contributed by atoms with Gasteiger partial charge < -0.3 is 4.79 Å². The van der Waals surface area contributed by atoms with E-state index in [-0.39, 0.29) is 23.8 Å². The molecule has 2 aromatic carbocycles. The van der Waals surface area contributed by atoms with Gasteiger partial charge in [-0.25, -0.2) is 0 Å². The summed E-state index contributed by atoms with van der Waals surface area (Å²) in [5.74, 6) is -1.13. The molecule has 0 N–H and O–H groups in total. The molecule has 1 aliphatic carbocycles. The molecule has 0 saturated carbocycles. The van der Waals surface area contributed by atoms with Crippen molar-refractivity contribution in [3.8, 4) is 0 Å². The normalized spacial score (nSPS) is 17.0. The fourth-order valence-electron chi connectivity index (χ4n) is 3.15. The minimum Gasteiger partial charge on any atom is -0.300 e. The van der Waals surface area contributed by atoms with Crippen molar-refractivity contribution in [2.24, 2.45) is 0 Å². The Morgan fingerprint density at radius 1 is 0.957 bits per heavy atom. The average Bonchev–Trinajstić information content (AvgIpc) is 2.76. The van der Waals surface area contributed by atoms with E-state index in [1.807, 2.05) is 30.3 Å². The van der Waals surface area contributed by atoms with Crippen LogP contribution in [0.2, 0.25) is 0 Å². The van der Waals surface area contributed by atoms with Crippen LogP contribution in [0.5, 0.6) is 0 Å². The summed E-state index contributed by atoms with van der Waals surface area (Å²) < 4.78 is -1.41. The van der Waals surface area contributed by atoms with E-state index < -0.39 is 10.2 Å². The zero-order valence-corrected chi connectivity index (χ0v) is 14.2. The van der Waals surface area contributed by atoms with Gasteiger partial charge in [-0.3, -0.25) is 9.59 Å². The van der Waals surface area contributed by atoms with E-state index in [4.69, 9.17) is 0 Å². The number of benzene rings is 2. The van der Waals surface area contributed by atoms with Crippen molar-refractivity contribution >= 4 is 33.3 Å². The molecule has 0 fully saturated rings. The van der Waals surface area contributed by atoms with Crippen molar-refractivity contribution in [1.82, 2.24) is 0 Å². The van der Waals surface area contributed by atoms with Crippen molar-refractivity contribution < 1.29 is 14.4 Å². The third-order valence-corrected chi connectivity index (χ3v) is 5.52. The van der Waals surface area contributed by atoms with Gasteiger partial charge in [-0.15, -0.1) is 0 Å². The minimum absolute atomic E-state index is 0.0609. The van der Waals surface area contributed by atoms with Gasteiger partial charge >= 0.3 is 0 Å². The van der Waals surface area contributed by atoms with Crippen molar-refractivity contribution in [1.29, 1.82) is 0 Å². The molecule has 0 unspecified atom stereocenters. The van der Waals surface area contributed by atoms with Crippen LogP contribution in [-0.4, -0.2) is 21.7 Å². The van der Waals surface area contributed by atoms with E-state index in [0.29, 0.717) is 11.1 Å². The maximum atomic E-state index is 12.9. The summed E-state index contributed by atoms with van der Waals surface area (Å²) >= 11 is 3.44. The Morgan fingerprint density at radius 2 is 1.43 bits per heavy atom. The molecule has 0 aliphatic heterocycles. The predicted octanol–water partition coefficient (Wildman–Crippen LogP) is 3.96. The van der Waals surface area contributed by atoms with Crippen molar-refractivity contribution in [2.75, 3.05) is 0 Å². The number of rotatable bonds is 4. The zero-order valence-electron chi connectivity index (χ0n) is 12.6. The van der Waals surface area contributed by atoms with Gasteiger partial charge in [-0.2, -0.15) is 0 Å². The average molecular weight is 371 g/mol. The van der Waals surface area contributed by atoms with Crippen LogP contribution in [0.1, 0.15) is 45.5 Å². The quantitative estimate of drug-likeness (QED) is 0.604. The highest BCUT2D eigenvalue weighted by atomic mass is 79.9. The molecular formula is C19H15BrO3. The Morgan fingerprint density at radius 3 is 1.91 bits per heavy atom. The number of hydrogen-bond acceptors (Lipinski definition) is 3. The van der Waals surface area contributed by atoms with Crippen LogP contribution in [-0.2, 0) is 4.79 Å². The molecule has 0 heterocycles. The molecule has 4 heteroatoms. The summed E-state index contributed by atoms with van der Waals surface area (Å²) in [5, 5.41) is 0. The molecule has 0 amide bonds. The van der Waals surface area contributed by atoms with E-state index in [0.717, 1.165) is 5.56 Å². The number of halogens is 1. The molecule has 116 valence electrons. The molecule has 0 aromatic heterocycles. The molecule has 0 radical (unpaired) electrons. The number of hydrogen-bond donors (Lipinski definition) is 0. The number of carbonyl (C=O) groups is 3. The van der Waals surface area contributed by atoms with Gasteiger partial charge in [0.15, 0.2) is 15.9 Å². The molecule has 2 aromatic rings. The molecule has 0 spiro atoms. The summed E-state index contributed by atoms with van der Waals surface area (Å²) in [6, 6.07) is 16.0. The minimum atomic E-state index is -1.41. The highest BCUT2D eigenvalue weighted by Gasteiger charge is 2.56. The van der Waals surface area contributed by atoms with E-state index in [1.165, 1.54) is 6.92 Å². The third kappa shape index (κ3) is 2.47.